The highest BCUT2D eigenvalue weighted by molar-refractivity contribution is 7.10. The van der Waals surface area contributed by atoms with Crippen molar-refractivity contribution in [2.75, 3.05) is 0 Å². The molecule has 1 aliphatic heterocycles. The summed E-state index contributed by atoms with van der Waals surface area (Å²) in [7, 11) is 0. The van der Waals surface area contributed by atoms with Gasteiger partial charge >= 0.3 is 0 Å². The Morgan fingerprint density at radius 2 is 2.17 bits per heavy atom. The van der Waals surface area contributed by atoms with Crippen molar-refractivity contribution in [2.45, 2.75) is 33.4 Å². The molecule has 0 fully saturated rings. The molecule has 2 aromatic heterocycles. The molecule has 1 atom stereocenters. The molecule has 6 heteroatoms. The highest BCUT2D eigenvalue weighted by Crippen LogP contribution is 2.42. The number of furan rings is 1. The van der Waals surface area contributed by atoms with Gasteiger partial charge in [-0.3, -0.25) is 9.59 Å². The Bertz CT molecular complexity index is 801. The Kier molecular flexibility index (Phi) is 4.32. The van der Waals surface area contributed by atoms with E-state index in [1.54, 1.807) is 26.0 Å². The largest absolute Gasteiger partial charge is 0.503 e. The Balaban J connectivity index is 2.08. The van der Waals surface area contributed by atoms with E-state index in [1.807, 2.05) is 18.4 Å². The van der Waals surface area contributed by atoms with Crippen molar-refractivity contribution in [1.82, 2.24) is 4.90 Å². The van der Waals surface area contributed by atoms with Crippen LogP contribution in [0, 0.1) is 12.8 Å². The van der Waals surface area contributed by atoms with Crippen LogP contribution in [0.1, 0.15) is 36.1 Å². The maximum absolute atomic E-state index is 12.7. The van der Waals surface area contributed by atoms with Crippen molar-refractivity contribution in [2.24, 2.45) is 5.92 Å². The summed E-state index contributed by atoms with van der Waals surface area (Å²) in [6.45, 7) is 5.67. The van der Waals surface area contributed by atoms with Crippen LogP contribution < -0.4 is 0 Å². The normalized spacial score (nSPS) is 18.1. The first-order valence-corrected chi connectivity index (χ1v) is 8.64. The minimum absolute atomic E-state index is 0.187. The van der Waals surface area contributed by atoms with Crippen LogP contribution in [-0.2, 0) is 16.1 Å². The zero-order valence-electron chi connectivity index (χ0n) is 13.8. The molecule has 0 aromatic carbocycles. The molecule has 126 valence electrons. The number of aliphatic hydroxyl groups excluding tert-OH is 1. The summed E-state index contributed by atoms with van der Waals surface area (Å²) in [4.78, 5) is 27.7. The molecule has 0 spiro atoms. The van der Waals surface area contributed by atoms with Crippen LogP contribution in [0.5, 0.6) is 0 Å². The molecule has 0 bridgehead atoms. The number of aryl methyl sites for hydroxylation is 1. The predicted octanol–water partition coefficient (Wildman–Crippen LogP) is 3.77. The van der Waals surface area contributed by atoms with Crippen LogP contribution in [0.2, 0.25) is 0 Å². The third kappa shape index (κ3) is 2.67. The van der Waals surface area contributed by atoms with Gasteiger partial charge in [0, 0.05) is 10.8 Å². The van der Waals surface area contributed by atoms with Crippen LogP contribution in [-0.4, -0.2) is 21.7 Å². The van der Waals surface area contributed by atoms with Crippen molar-refractivity contribution in [3.05, 3.63) is 57.4 Å². The molecule has 0 radical (unpaired) electrons. The van der Waals surface area contributed by atoms with Crippen molar-refractivity contribution in [3.8, 4) is 0 Å². The van der Waals surface area contributed by atoms with E-state index in [9.17, 15) is 14.7 Å². The van der Waals surface area contributed by atoms with Crippen molar-refractivity contribution in [1.29, 1.82) is 0 Å². The van der Waals surface area contributed by atoms with Gasteiger partial charge in [0.25, 0.3) is 5.91 Å². The minimum Gasteiger partial charge on any atom is -0.503 e. The molecule has 1 unspecified atom stereocenters. The SMILES string of the molecule is Cc1ccsc1C1C(C(=O)C(C)C)=C(O)C(=O)N1Cc1ccco1. The van der Waals surface area contributed by atoms with Gasteiger partial charge in [-0.2, -0.15) is 0 Å². The molecule has 0 aliphatic carbocycles. The number of nitrogens with zero attached hydrogens (tertiary/aromatic N) is 1. The maximum atomic E-state index is 12.7. The summed E-state index contributed by atoms with van der Waals surface area (Å²) < 4.78 is 5.34. The quantitative estimate of drug-likeness (QED) is 0.895. The van der Waals surface area contributed by atoms with Crippen molar-refractivity contribution >= 4 is 23.0 Å². The van der Waals surface area contributed by atoms with Gasteiger partial charge in [-0.05, 0) is 36.1 Å². The first kappa shape index (κ1) is 16.5. The fourth-order valence-electron chi connectivity index (χ4n) is 2.89. The first-order chi connectivity index (χ1) is 11.4. The molecule has 0 saturated heterocycles. The minimum atomic E-state index is -0.572. The molecule has 1 amide bonds. The van der Waals surface area contributed by atoms with Crippen LogP contribution in [0.25, 0.3) is 0 Å². The predicted molar refractivity (Wildman–Crippen MR) is 90.6 cm³/mol. The highest BCUT2D eigenvalue weighted by Gasteiger charge is 2.45. The lowest BCUT2D eigenvalue weighted by Gasteiger charge is -2.26. The number of thiophene rings is 1. The third-order valence-electron chi connectivity index (χ3n) is 4.15. The van der Waals surface area contributed by atoms with E-state index in [1.165, 1.54) is 22.5 Å². The number of aliphatic hydroxyl groups is 1. The van der Waals surface area contributed by atoms with E-state index < -0.39 is 17.7 Å². The molecule has 0 saturated carbocycles. The Morgan fingerprint density at radius 3 is 2.71 bits per heavy atom. The van der Waals surface area contributed by atoms with Gasteiger partial charge in [0.15, 0.2) is 11.5 Å². The van der Waals surface area contributed by atoms with Gasteiger partial charge in [-0.25, -0.2) is 0 Å². The average molecular weight is 345 g/mol. The summed E-state index contributed by atoms with van der Waals surface area (Å²) >= 11 is 1.48. The number of carbonyl (C=O) groups is 2. The Hall–Kier alpha value is -2.34. The number of carbonyl (C=O) groups excluding carboxylic acids is 2. The monoisotopic (exact) mass is 345 g/mol. The number of rotatable bonds is 5. The topological polar surface area (TPSA) is 70.8 Å². The molecule has 3 rings (SSSR count). The van der Waals surface area contributed by atoms with E-state index in [2.05, 4.69) is 0 Å². The van der Waals surface area contributed by atoms with E-state index in [-0.39, 0.29) is 23.8 Å². The molecule has 24 heavy (non-hydrogen) atoms. The molecule has 5 nitrogen and oxygen atoms in total. The van der Waals surface area contributed by atoms with Gasteiger partial charge in [0.1, 0.15) is 11.8 Å². The maximum Gasteiger partial charge on any atom is 0.290 e. The molecular formula is C18H19NO4S. The van der Waals surface area contributed by atoms with E-state index in [0.717, 1.165) is 10.4 Å². The van der Waals surface area contributed by atoms with Gasteiger partial charge in [0.2, 0.25) is 0 Å². The zero-order valence-corrected chi connectivity index (χ0v) is 14.6. The van der Waals surface area contributed by atoms with Crippen LogP contribution in [0.15, 0.2) is 45.6 Å². The zero-order chi connectivity index (χ0) is 17.4. The van der Waals surface area contributed by atoms with Crippen LogP contribution in [0.3, 0.4) is 0 Å². The smallest absolute Gasteiger partial charge is 0.290 e. The first-order valence-electron chi connectivity index (χ1n) is 7.76. The lowest BCUT2D eigenvalue weighted by Crippen LogP contribution is -2.30. The Labute approximate surface area is 144 Å². The van der Waals surface area contributed by atoms with E-state index >= 15 is 0 Å². The standard InChI is InChI=1S/C18H19NO4S/c1-10(2)15(20)13-14(17-11(3)6-8-24-17)19(18(22)16(13)21)9-12-5-4-7-23-12/h4-8,10,14,21H,9H2,1-3H3. The van der Waals surface area contributed by atoms with Gasteiger partial charge in [0.05, 0.1) is 18.4 Å². The summed E-state index contributed by atoms with van der Waals surface area (Å²) in [6, 6.07) is 4.89. The van der Waals surface area contributed by atoms with Crippen LogP contribution in [0.4, 0.5) is 0 Å². The lowest BCUT2D eigenvalue weighted by atomic mass is 9.93. The number of ketones is 1. The Morgan fingerprint density at radius 1 is 1.42 bits per heavy atom. The third-order valence-corrected chi connectivity index (χ3v) is 5.22. The van der Waals surface area contributed by atoms with E-state index in [4.69, 9.17) is 4.42 Å². The fraction of sp³-hybridized carbons (Fsp3) is 0.333. The second kappa shape index (κ2) is 6.28. The van der Waals surface area contributed by atoms with Gasteiger partial charge in [-0.1, -0.05) is 13.8 Å². The second-order valence-corrected chi connectivity index (χ2v) is 7.11. The molecule has 1 aliphatic rings. The number of Topliss-reactive ketones (excluding diaryl/α,β-unsaturated/α-hetero) is 1. The summed E-state index contributed by atoms with van der Waals surface area (Å²) in [5, 5.41) is 12.3. The van der Waals surface area contributed by atoms with Crippen molar-refractivity contribution < 1.29 is 19.1 Å². The molecule has 2 aromatic rings. The van der Waals surface area contributed by atoms with Crippen LogP contribution >= 0.6 is 11.3 Å². The average Bonchev–Trinajstić information content (AvgIpc) is 3.24. The lowest BCUT2D eigenvalue weighted by molar-refractivity contribution is -0.130. The summed E-state index contributed by atoms with van der Waals surface area (Å²) in [6.07, 6.45) is 1.54. The number of amides is 1. The molecular weight excluding hydrogens is 326 g/mol. The molecule has 1 N–H and O–H groups in total. The van der Waals surface area contributed by atoms with E-state index in [0.29, 0.717) is 5.76 Å². The fourth-order valence-corrected chi connectivity index (χ4v) is 3.93. The highest BCUT2D eigenvalue weighted by atomic mass is 32.1. The number of hydrogen-bond acceptors (Lipinski definition) is 5. The molecule has 3 heterocycles. The second-order valence-electron chi connectivity index (χ2n) is 6.16. The van der Waals surface area contributed by atoms with Gasteiger partial charge < -0.3 is 14.4 Å². The summed E-state index contributed by atoms with van der Waals surface area (Å²) in [5.74, 6) is -0.887. The summed E-state index contributed by atoms with van der Waals surface area (Å²) in [5.41, 5.74) is 1.18. The van der Waals surface area contributed by atoms with Crippen molar-refractivity contribution in [3.63, 3.8) is 0 Å². The van der Waals surface area contributed by atoms with Gasteiger partial charge in [-0.15, -0.1) is 11.3 Å². The number of hydrogen-bond donors (Lipinski definition) is 1.